The average molecular weight is 314 g/mol. The summed E-state index contributed by atoms with van der Waals surface area (Å²) in [5.41, 5.74) is 0.209. The SMILES string of the molecule is Fc1ccc(NC2=NCC3(CCCCC3)CS2)c(F)c1F. The minimum Gasteiger partial charge on any atom is -0.333 e. The van der Waals surface area contributed by atoms with Crippen LogP contribution < -0.4 is 5.32 Å². The summed E-state index contributed by atoms with van der Waals surface area (Å²) in [7, 11) is 0. The fourth-order valence-corrected chi connectivity index (χ4v) is 4.13. The van der Waals surface area contributed by atoms with Crippen LogP contribution in [-0.4, -0.2) is 17.5 Å². The Bertz CT molecular complexity index is 568. The van der Waals surface area contributed by atoms with E-state index in [1.807, 2.05) is 0 Å². The summed E-state index contributed by atoms with van der Waals surface area (Å²) in [6.07, 6.45) is 6.17. The molecule has 2 aliphatic rings. The van der Waals surface area contributed by atoms with Crippen LogP contribution in [0.2, 0.25) is 0 Å². The van der Waals surface area contributed by atoms with E-state index in [0.29, 0.717) is 5.17 Å². The molecule has 0 aromatic heterocycles. The van der Waals surface area contributed by atoms with Crippen LogP contribution in [0.3, 0.4) is 0 Å². The largest absolute Gasteiger partial charge is 0.333 e. The lowest BCUT2D eigenvalue weighted by atomic mass is 9.75. The quantitative estimate of drug-likeness (QED) is 0.768. The van der Waals surface area contributed by atoms with E-state index in [0.717, 1.165) is 18.4 Å². The van der Waals surface area contributed by atoms with Crippen LogP contribution in [0.5, 0.6) is 0 Å². The molecule has 0 bridgehead atoms. The fraction of sp³-hybridized carbons (Fsp3) is 0.533. The van der Waals surface area contributed by atoms with E-state index in [9.17, 15) is 13.2 Å². The van der Waals surface area contributed by atoms with Gasteiger partial charge in [0.2, 0.25) is 0 Å². The fourth-order valence-electron chi connectivity index (χ4n) is 2.97. The zero-order valence-corrected chi connectivity index (χ0v) is 12.4. The molecule has 0 saturated heterocycles. The van der Waals surface area contributed by atoms with Crippen molar-refractivity contribution in [1.82, 2.24) is 0 Å². The second-order valence-corrected chi connectivity index (χ2v) is 6.78. The summed E-state index contributed by atoms with van der Waals surface area (Å²) < 4.78 is 39.7. The van der Waals surface area contributed by atoms with E-state index >= 15 is 0 Å². The highest BCUT2D eigenvalue weighted by Gasteiger charge is 2.35. The molecule has 0 radical (unpaired) electrons. The topological polar surface area (TPSA) is 24.4 Å². The van der Waals surface area contributed by atoms with Crippen molar-refractivity contribution in [2.75, 3.05) is 17.6 Å². The van der Waals surface area contributed by atoms with Crippen molar-refractivity contribution in [2.24, 2.45) is 10.4 Å². The Kier molecular flexibility index (Phi) is 4.15. The lowest BCUT2D eigenvalue weighted by Crippen LogP contribution is -2.35. The maximum atomic E-state index is 13.6. The molecule has 3 rings (SSSR count). The molecule has 6 heteroatoms. The molecule has 1 spiro atoms. The molecule has 2 nitrogen and oxygen atoms in total. The van der Waals surface area contributed by atoms with Crippen molar-refractivity contribution >= 4 is 22.6 Å². The van der Waals surface area contributed by atoms with Crippen molar-refractivity contribution in [3.63, 3.8) is 0 Å². The van der Waals surface area contributed by atoms with E-state index in [2.05, 4.69) is 10.3 Å². The predicted molar refractivity (Wildman–Crippen MR) is 80.2 cm³/mol. The van der Waals surface area contributed by atoms with Crippen LogP contribution in [0, 0.1) is 22.9 Å². The minimum atomic E-state index is -1.45. The Balaban J connectivity index is 1.71. The van der Waals surface area contributed by atoms with Crippen molar-refractivity contribution < 1.29 is 13.2 Å². The van der Waals surface area contributed by atoms with Crippen molar-refractivity contribution in [1.29, 1.82) is 0 Å². The number of halogens is 3. The number of rotatable bonds is 1. The Morgan fingerprint density at radius 1 is 1.05 bits per heavy atom. The van der Waals surface area contributed by atoms with Gasteiger partial charge in [-0.2, -0.15) is 0 Å². The second-order valence-electron chi connectivity index (χ2n) is 5.82. The molecule has 1 N–H and O–H groups in total. The van der Waals surface area contributed by atoms with Crippen LogP contribution in [0.25, 0.3) is 0 Å². The van der Waals surface area contributed by atoms with Crippen LogP contribution >= 0.6 is 11.8 Å². The van der Waals surface area contributed by atoms with Gasteiger partial charge >= 0.3 is 0 Å². The van der Waals surface area contributed by atoms with Gasteiger partial charge in [-0.25, -0.2) is 13.2 Å². The van der Waals surface area contributed by atoms with E-state index < -0.39 is 17.5 Å². The molecule has 1 heterocycles. The van der Waals surface area contributed by atoms with E-state index in [4.69, 9.17) is 0 Å². The highest BCUT2D eigenvalue weighted by atomic mass is 32.2. The maximum absolute atomic E-state index is 13.6. The summed E-state index contributed by atoms with van der Waals surface area (Å²) >= 11 is 1.54. The van der Waals surface area contributed by atoms with Gasteiger partial charge in [-0.3, -0.25) is 4.99 Å². The zero-order chi connectivity index (χ0) is 14.9. The highest BCUT2D eigenvalue weighted by molar-refractivity contribution is 8.14. The first-order valence-corrected chi connectivity index (χ1v) is 8.16. The first-order valence-electron chi connectivity index (χ1n) is 7.17. The highest BCUT2D eigenvalue weighted by Crippen LogP contribution is 2.42. The molecular weight excluding hydrogens is 297 g/mol. The van der Waals surface area contributed by atoms with Gasteiger partial charge < -0.3 is 5.32 Å². The van der Waals surface area contributed by atoms with Gasteiger partial charge in [-0.15, -0.1) is 0 Å². The van der Waals surface area contributed by atoms with Crippen molar-refractivity contribution in [3.8, 4) is 0 Å². The molecule has 1 aromatic rings. The number of benzene rings is 1. The Labute approximate surface area is 126 Å². The van der Waals surface area contributed by atoms with Gasteiger partial charge in [-0.1, -0.05) is 31.0 Å². The van der Waals surface area contributed by atoms with E-state index in [1.54, 1.807) is 0 Å². The zero-order valence-electron chi connectivity index (χ0n) is 11.6. The molecule has 0 amide bonds. The molecule has 1 aliphatic heterocycles. The standard InChI is InChI=1S/C15H17F3N2S/c16-10-4-5-11(13(18)12(10)17)20-14-19-8-15(9-21-14)6-2-1-3-7-15/h4-5H,1-3,6-9H2,(H,19,20). The van der Waals surface area contributed by atoms with Gasteiger partial charge in [0.25, 0.3) is 0 Å². The van der Waals surface area contributed by atoms with Gasteiger partial charge in [0.1, 0.15) is 0 Å². The summed E-state index contributed by atoms with van der Waals surface area (Å²) in [6, 6.07) is 2.11. The maximum Gasteiger partial charge on any atom is 0.196 e. The Hall–Kier alpha value is -1.17. The molecule has 1 fully saturated rings. The Morgan fingerprint density at radius 2 is 1.81 bits per heavy atom. The second kappa shape index (κ2) is 5.91. The summed E-state index contributed by atoms with van der Waals surface area (Å²) in [6.45, 7) is 0.730. The van der Waals surface area contributed by atoms with Crippen molar-refractivity contribution in [3.05, 3.63) is 29.6 Å². The molecule has 1 aromatic carbocycles. The first-order chi connectivity index (χ1) is 10.1. The van der Waals surface area contributed by atoms with E-state index in [-0.39, 0.29) is 11.1 Å². The van der Waals surface area contributed by atoms with Crippen LogP contribution in [0.15, 0.2) is 17.1 Å². The van der Waals surface area contributed by atoms with Crippen LogP contribution in [0.4, 0.5) is 18.9 Å². The number of thioether (sulfide) groups is 1. The molecule has 1 saturated carbocycles. The summed E-state index contributed by atoms with van der Waals surface area (Å²) in [4.78, 5) is 4.48. The summed E-state index contributed by atoms with van der Waals surface area (Å²) in [5.74, 6) is -2.89. The molecule has 0 atom stereocenters. The number of hydrogen-bond acceptors (Lipinski definition) is 3. The monoisotopic (exact) mass is 314 g/mol. The summed E-state index contributed by atoms with van der Waals surface area (Å²) in [5, 5.41) is 3.35. The number of hydrogen-bond donors (Lipinski definition) is 1. The van der Waals surface area contributed by atoms with Gasteiger partial charge in [-0.05, 0) is 30.4 Å². The normalized spacial score (nSPS) is 21.2. The predicted octanol–water partition coefficient (Wildman–Crippen LogP) is 4.57. The number of nitrogens with zero attached hydrogens (tertiary/aromatic N) is 1. The molecule has 0 unspecified atom stereocenters. The molecule has 1 aliphatic carbocycles. The van der Waals surface area contributed by atoms with Gasteiger partial charge in [0.05, 0.1) is 5.69 Å². The third-order valence-electron chi connectivity index (χ3n) is 4.26. The average Bonchev–Trinajstić information content (AvgIpc) is 2.51. The molecular formula is C15H17F3N2S. The Morgan fingerprint density at radius 3 is 2.48 bits per heavy atom. The van der Waals surface area contributed by atoms with E-state index in [1.165, 1.54) is 49.9 Å². The lowest BCUT2D eigenvalue weighted by molar-refractivity contribution is 0.232. The number of nitrogens with one attached hydrogen (secondary N) is 1. The van der Waals surface area contributed by atoms with Crippen molar-refractivity contribution in [2.45, 2.75) is 32.1 Å². The third kappa shape index (κ3) is 3.05. The molecule has 21 heavy (non-hydrogen) atoms. The minimum absolute atomic E-state index is 0.0697. The number of amidine groups is 1. The van der Waals surface area contributed by atoms with Gasteiger partial charge in [0, 0.05) is 12.3 Å². The number of aliphatic imine (C=N–C) groups is 1. The lowest BCUT2D eigenvalue weighted by Gasteiger charge is -2.38. The third-order valence-corrected chi connectivity index (χ3v) is 5.53. The first kappa shape index (κ1) is 14.8. The smallest absolute Gasteiger partial charge is 0.196 e. The molecule has 114 valence electrons. The van der Waals surface area contributed by atoms with Crippen LogP contribution in [0.1, 0.15) is 32.1 Å². The van der Waals surface area contributed by atoms with Gasteiger partial charge in [0.15, 0.2) is 22.6 Å². The number of anilines is 1. The van der Waals surface area contributed by atoms with Crippen LogP contribution in [-0.2, 0) is 0 Å².